The first-order valence-electron chi connectivity index (χ1n) is 3.24. The second-order valence-corrected chi connectivity index (χ2v) is 3.61. The first kappa shape index (κ1) is 10.4. The number of phosphoric ester groups is 1. The van der Waals surface area contributed by atoms with Crippen molar-refractivity contribution in [1.29, 1.82) is 0 Å². The molecule has 0 bridgehead atoms. The SMILES string of the molecule is C=C1C(=O)N1CC(O)OP(=O)(O)O. The number of aliphatic hydroxyl groups excluding tert-OH is 1. The molecule has 1 fully saturated rings. The quantitative estimate of drug-likeness (QED) is 0.231. The Bertz CT molecular complexity index is 281. The summed E-state index contributed by atoms with van der Waals surface area (Å²) < 4.78 is 14.1. The zero-order chi connectivity index (χ0) is 10.2. The molecule has 1 saturated heterocycles. The highest BCUT2D eigenvalue weighted by atomic mass is 31.2. The van der Waals surface area contributed by atoms with E-state index in [0.29, 0.717) is 0 Å². The van der Waals surface area contributed by atoms with Crippen molar-refractivity contribution in [2.24, 2.45) is 0 Å². The molecule has 1 unspecified atom stereocenters. The first-order chi connectivity index (χ1) is 5.81. The molecule has 1 aliphatic heterocycles. The molecule has 0 spiro atoms. The van der Waals surface area contributed by atoms with Crippen molar-refractivity contribution < 1.29 is 28.8 Å². The highest BCUT2D eigenvalue weighted by molar-refractivity contribution is 7.46. The van der Waals surface area contributed by atoms with Crippen LogP contribution in [0.25, 0.3) is 0 Å². The van der Waals surface area contributed by atoms with Crippen LogP contribution in [-0.2, 0) is 13.9 Å². The Hall–Kier alpha value is -0.720. The molecule has 0 aromatic heterocycles. The second kappa shape index (κ2) is 3.21. The van der Waals surface area contributed by atoms with E-state index in [-0.39, 0.29) is 18.1 Å². The average molecular weight is 209 g/mol. The molecule has 0 aromatic carbocycles. The molecule has 0 aliphatic carbocycles. The predicted octanol–water partition coefficient (Wildman–Crippen LogP) is -1.23. The molecule has 1 amide bonds. The third-order valence-electron chi connectivity index (χ3n) is 1.37. The molecular formula is C5H8NO6P. The number of aliphatic hydroxyl groups is 1. The maximum absolute atomic E-state index is 10.6. The lowest BCUT2D eigenvalue weighted by atomic mass is 10.6. The summed E-state index contributed by atoms with van der Waals surface area (Å²) in [6.07, 6.45) is -1.70. The first-order valence-corrected chi connectivity index (χ1v) is 4.77. The maximum Gasteiger partial charge on any atom is 0.471 e. The predicted molar refractivity (Wildman–Crippen MR) is 40.0 cm³/mol. The molecule has 7 nitrogen and oxygen atoms in total. The molecule has 0 aromatic rings. The standard InChI is InChI=1S/C5H8NO6P/c1-3-5(8)6(3)2-4(7)12-13(9,10)11/h4,7H,1-2H2,(H2,9,10,11). The molecule has 74 valence electrons. The number of β-amino-alcohol motifs (C(OH)–C–C–N with tert-alkyl or cyclic N) is 1. The fraction of sp³-hybridized carbons (Fsp3) is 0.400. The number of amides is 1. The van der Waals surface area contributed by atoms with Crippen molar-refractivity contribution in [3.63, 3.8) is 0 Å². The van der Waals surface area contributed by atoms with Crippen LogP contribution >= 0.6 is 7.82 Å². The van der Waals surface area contributed by atoms with Gasteiger partial charge in [-0.3, -0.25) is 14.2 Å². The van der Waals surface area contributed by atoms with Gasteiger partial charge in [0, 0.05) is 0 Å². The summed E-state index contributed by atoms with van der Waals surface area (Å²) in [5, 5.41) is 8.88. The summed E-state index contributed by atoms with van der Waals surface area (Å²) in [6.45, 7) is 2.98. The Morgan fingerprint density at radius 2 is 2.08 bits per heavy atom. The highest BCUT2D eigenvalue weighted by Crippen LogP contribution is 2.37. The van der Waals surface area contributed by atoms with Gasteiger partial charge in [-0.15, -0.1) is 0 Å². The maximum atomic E-state index is 10.6. The van der Waals surface area contributed by atoms with E-state index >= 15 is 0 Å². The number of hydrogen-bond donors (Lipinski definition) is 3. The molecule has 0 saturated carbocycles. The molecule has 13 heavy (non-hydrogen) atoms. The number of rotatable bonds is 4. The fourth-order valence-corrected chi connectivity index (χ4v) is 1.14. The van der Waals surface area contributed by atoms with E-state index in [2.05, 4.69) is 11.1 Å². The van der Waals surface area contributed by atoms with Gasteiger partial charge in [0.15, 0.2) is 6.29 Å². The average Bonchev–Trinajstić information content (AvgIpc) is 2.40. The van der Waals surface area contributed by atoms with Crippen molar-refractivity contribution in [2.75, 3.05) is 6.54 Å². The van der Waals surface area contributed by atoms with Crippen molar-refractivity contribution in [1.82, 2.24) is 4.90 Å². The van der Waals surface area contributed by atoms with Gasteiger partial charge in [0.2, 0.25) is 0 Å². The minimum Gasteiger partial charge on any atom is -0.366 e. The number of nitrogens with zero attached hydrogens (tertiary/aromatic N) is 1. The van der Waals surface area contributed by atoms with E-state index in [4.69, 9.17) is 14.9 Å². The minimum atomic E-state index is -4.71. The van der Waals surface area contributed by atoms with Crippen LogP contribution in [0.5, 0.6) is 0 Å². The van der Waals surface area contributed by atoms with Gasteiger partial charge >= 0.3 is 7.82 Å². The van der Waals surface area contributed by atoms with Gasteiger partial charge < -0.3 is 14.9 Å². The number of hydrogen-bond acceptors (Lipinski definition) is 4. The number of carbonyl (C=O) groups excluding carboxylic acids is 1. The Kier molecular flexibility index (Phi) is 2.56. The summed E-state index contributed by atoms with van der Waals surface area (Å²) in [5.74, 6) is -0.367. The van der Waals surface area contributed by atoms with E-state index < -0.39 is 14.1 Å². The third kappa shape index (κ3) is 2.91. The van der Waals surface area contributed by atoms with Crippen LogP contribution in [0.2, 0.25) is 0 Å². The molecule has 1 heterocycles. The zero-order valence-corrected chi connectivity index (χ0v) is 7.35. The van der Waals surface area contributed by atoms with Crippen LogP contribution in [0.1, 0.15) is 0 Å². The van der Waals surface area contributed by atoms with Gasteiger partial charge in [0.25, 0.3) is 5.91 Å². The lowest BCUT2D eigenvalue weighted by molar-refractivity contribution is -0.115. The number of carbonyl (C=O) groups is 1. The summed E-state index contributed by atoms with van der Waals surface area (Å²) in [5.41, 5.74) is 0.188. The summed E-state index contributed by atoms with van der Waals surface area (Å²) >= 11 is 0. The van der Waals surface area contributed by atoms with Crippen molar-refractivity contribution in [3.8, 4) is 0 Å². The summed E-state index contributed by atoms with van der Waals surface area (Å²) in [6, 6.07) is 0. The fourth-order valence-electron chi connectivity index (χ4n) is 0.759. The van der Waals surface area contributed by atoms with Gasteiger partial charge in [-0.1, -0.05) is 6.58 Å². The van der Waals surface area contributed by atoms with E-state index in [0.717, 1.165) is 4.90 Å². The third-order valence-corrected chi connectivity index (χ3v) is 1.88. The van der Waals surface area contributed by atoms with E-state index in [1.165, 1.54) is 0 Å². The van der Waals surface area contributed by atoms with Gasteiger partial charge in [-0.25, -0.2) is 4.57 Å². The molecule has 8 heteroatoms. The lowest BCUT2D eigenvalue weighted by Crippen LogP contribution is -2.21. The van der Waals surface area contributed by atoms with Crippen molar-refractivity contribution in [2.45, 2.75) is 6.29 Å². The molecule has 1 aliphatic rings. The van der Waals surface area contributed by atoms with Gasteiger partial charge in [0.1, 0.15) is 5.70 Å². The lowest BCUT2D eigenvalue weighted by Gasteiger charge is -2.11. The topological polar surface area (TPSA) is 107 Å². The molecular weight excluding hydrogens is 201 g/mol. The largest absolute Gasteiger partial charge is 0.471 e. The van der Waals surface area contributed by atoms with E-state index in [1.807, 2.05) is 0 Å². The Balaban J connectivity index is 2.35. The van der Waals surface area contributed by atoms with Crippen LogP contribution in [0.15, 0.2) is 12.3 Å². The van der Waals surface area contributed by atoms with Crippen LogP contribution in [0.4, 0.5) is 0 Å². The van der Waals surface area contributed by atoms with Gasteiger partial charge in [-0.05, 0) is 0 Å². The summed E-state index contributed by atoms with van der Waals surface area (Å²) in [4.78, 5) is 28.1. The normalized spacial score (nSPS) is 19.2. The Labute approximate surface area is 73.5 Å². The van der Waals surface area contributed by atoms with Crippen LogP contribution in [0.3, 0.4) is 0 Å². The monoisotopic (exact) mass is 209 g/mol. The second-order valence-electron chi connectivity index (χ2n) is 2.41. The van der Waals surface area contributed by atoms with Gasteiger partial charge in [-0.2, -0.15) is 0 Å². The Morgan fingerprint density at radius 3 is 2.38 bits per heavy atom. The molecule has 1 atom stereocenters. The van der Waals surface area contributed by atoms with E-state index in [9.17, 15) is 9.36 Å². The highest BCUT2D eigenvalue weighted by Gasteiger charge is 2.39. The van der Waals surface area contributed by atoms with Crippen LogP contribution in [0, 0.1) is 0 Å². The number of phosphoric acid groups is 1. The molecule has 1 rings (SSSR count). The van der Waals surface area contributed by atoms with Crippen LogP contribution in [-0.4, -0.2) is 38.5 Å². The zero-order valence-electron chi connectivity index (χ0n) is 6.45. The minimum absolute atomic E-state index is 0.188. The van der Waals surface area contributed by atoms with Crippen molar-refractivity contribution in [3.05, 3.63) is 12.3 Å². The summed E-state index contributed by atoms with van der Waals surface area (Å²) in [7, 11) is -4.71. The smallest absolute Gasteiger partial charge is 0.366 e. The molecule has 0 radical (unpaired) electrons. The van der Waals surface area contributed by atoms with E-state index in [1.54, 1.807) is 0 Å². The van der Waals surface area contributed by atoms with Gasteiger partial charge in [0.05, 0.1) is 6.54 Å². The Morgan fingerprint density at radius 1 is 1.62 bits per heavy atom. The van der Waals surface area contributed by atoms with Crippen molar-refractivity contribution >= 4 is 13.7 Å². The van der Waals surface area contributed by atoms with Crippen LogP contribution < -0.4 is 0 Å². The molecule has 3 N–H and O–H groups in total.